The van der Waals surface area contributed by atoms with Crippen molar-refractivity contribution in [1.29, 1.82) is 0 Å². The van der Waals surface area contributed by atoms with Crippen LogP contribution in [0.15, 0.2) is 0 Å². The standard InChI is InChI=1S/C3H8.C2H6O.C2H6.W/c2*1-3-2;1-2;/h3H2,1-2H3;1-2H3;1-2H3;. The van der Waals surface area contributed by atoms with Gasteiger partial charge in [-0.05, 0) is 0 Å². The first-order chi connectivity index (χ1) is 3.83. The van der Waals surface area contributed by atoms with Crippen molar-refractivity contribution in [2.24, 2.45) is 0 Å². The maximum Gasteiger partial charge on any atom is 0.0351 e. The molecule has 2 heteroatoms. The summed E-state index contributed by atoms with van der Waals surface area (Å²) in [6, 6.07) is 0. The Kier molecular flexibility index (Phi) is 181. The molecule has 0 saturated carbocycles. The molecular weight excluding hydrogens is 284 g/mol. The zero-order chi connectivity index (χ0) is 7.41. The van der Waals surface area contributed by atoms with E-state index in [1.807, 2.05) is 13.8 Å². The largest absolute Gasteiger partial charge is 0.388 e. The molecule has 0 aliphatic heterocycles. The summed E-state index contributed by atoms with van der Waals surface area (Å²) in [6.45, 7) is 8.25. The molecule has 0 aromatic rings. The van der Waals surface area contributed by atoms with E-state index in [1.54, 1.807) is 14.2 Å². The van der Waals surface area contributed by atoms with Crippen LogP contribution in [0.1, 0.15) is 34.1 Å². The molecule has 0 N–H and O–H groups in total. The van der Waals surface area contributed by atoms with E-state index in [0.29, 0.717) is 0 Å². The Morgan fingerprint density at radius 1 is 1.00 bits per heavy atom. The monoisotopic (exact) mass is 304 g/mol. The van der Waals surface area contributed by atoms with E-state index in [1.165, 1.54) is 6.42 Å². The van der Waals surface area contributed by atoms with Gasteiger partial charge >= 0.3 is 0 Å². The summed E-state index contributed by atoms with van der Waals surface area (Å²) in [5, 5.41) is 0. The third-order valence-electron chi connectivity index (χ3n) is 0. The van der Waals surface area contributed by atoms with Crippen LogP contribution in [0.25, 0.3) is 0 Å². The fraction of sp³-hybridized carbons (Fsp3) is 1.00. The molecule has 0 rings (SSSR count). The van der Waals surface area contributed by atoms with E-state index >= 15 is 0 Å². The summed E-state index contributed by atoms with van der Waals surface area (Å²) in [4.78, 5) is 0. The average Bonchev–Trinajstić information content (AvgIpc) is 1.75. The van der Waals surface area contributed by atoms with Crippen LogP contribution in [0.4, 0.5) is 0 Å². The van der Waals surface area contributed by atoms with Crippen LogP contribution in [0, 0.1) is 0 Å². The van der Waals surface area contributed by atoms with Crippen LogP contribution >= 0.6 is 0 Å². The zero-order valence-electron chi connectivity index (χ0n) is 7.52. The molecule has 0 aliphatic carbocycles. The molecule has 60 valence electrons. The first kappa shape index (κ1) is 22.6. The molecule has 0 spiro atoms. The van der Waals surface area contributed by atoms with Crippen LogP contribution in [0.3, 0.4) is 0 Å². The quantitative estimate of drug-likeness (QED) is 0.668. The van der Waals surface area contributed by atoms with Crippen molar-refractivity contribution in [2.45, 2.75) is 34.1 Å². The number of rotatable bonds is 0. The molecule has 0 aromatic heterocycles. The van der Waals surface area contributed by atoms with E-state index in [4.69, 9.17) is 0 Å². The number of ether oxygens (including phenoxy) is 1. The van der Waals surface area contributed by atoms with Crippen LogP contribution < -0.4 is 0 Å². The molecule has 0 unspecified atom stereocenters. The minimum absolute atomic E-state index is 0. The summed E-state index contributed by atoms with van der Waals surface area (Å²) >= 11 is 0. The van der Waals surface area contributed by atoms with Gasteiger partial charge < -0.3 is 4.74 Å². The van der Waals surface area contributed by atoms with E-state index in [9.17, 15) is 0 Å². The predicted molar refractivity (Wildman–Crippen MR) is 40.2 cm³/mol. The fourth-order valence-corrected chi connectivity index (χ4v) is 0. The number of hydrogen-bond donors (Lipinski definition) is 0. The Labute approximate surface area is 74.4 Å². The maximum atomic E-state index is 4.25. The summed E-state index contributed by atoms with van der Waals surface area (Å²) in [5.74, 6) is 0. The Morgan fingerprint density at radius 2 is 1.00 bits per heavy atom. The van der Waals surface area contributed by atoms with Crippen molar-refractivity contribution >= 4 is 0 Å². The number of hydrogen-bond acceptors (Lipinski definition) is 1. The Morgan fingerprint density at radius 3 is 1.00 bits per heavy atom. The summed E-state index contributed by atoms with van der Waals surface area (Å²) < 4.78 is 4.25. The van der Waals surface area contributed by atoms with Crippen LogP contribution in [0.2, 0.25) is 0 Å². The molecule has 0 radical (unpaired) electrons. The van der Waals surface area contributed by atoms with Gasteiger partial charge in [0.2, 0.25) is 0 Å². The first-order valence-corrected chi connectivity index (χ1v) is 3.23. The molecule has 9 heavy (non-hydrogen) atoms. The molecule has 1 nitrogen and oxygen atoms in total. The van der Waals surface area contributed by atoms with Gasteiger partial charge in [-0.25, -0.2) is 0 Å². The van der Waals surface area contributed by atoms with Gasteiger partial charge in [0, 0.05) is 35.3 Å². The van der Waals surface area contributed by atoms with Gasteiger partial charge in [-0.2, -0.15) is 0 Å². The third kappa shape index (κ3) is 909. The second kappa shape index (κ2) is 72.1. The molecule has 0 amide bonds. The van der Waals surface area contributed by atoms with Gasteiger partial charge in [-0.1, -0.05) is 34.1 Å². The van der Waals surface area contributed by atoms with Gasteiger partial charge in [0.1, 0.15) is 0 Å². The van der Waals surface area contributed by atoms with Gasteiger partial charge in [0.15, 0.2) is 0 Å². The third-order valence-corrected chi connectivity index (χ3v) is 0. The molecule has 0 heterocycles. The van der Waals surface area contributed by atoms with E-state index < -0.39 is 0 Å². The summed E-state index contributed by atoms with van der Waals surface area (Å²) in [6.07, 6.45) is 1.25. The topological polar surface area (TPSA) is 9.23 Å². The molecule has 0 atom stereocenters. The van der Waals surface area contributed by atoms with Crippen LogP contribution in [-0.4, -0.2) is 14.2 Å². The van der Waals surface area contributed by atoms with Crippen molar-refractivity contribution in [3.8, 4) is 0 Å². The smallest absolute Gasteiger partial charge is 0.0351 e. The van der Waals surface area contributed by atoms with Crippen molar-refractivity contribution in [3.63, 3.8) is 0 Å². The molecule has 0 bridgehead atoms. The van der Waals surface area contributed by atoms with Gasteiger partial charge in [-0.3, -0.25) is 0 Å². The Bertz CT molecular complexity index is 10.9. The minimum Gasteiger partial charge on any atom is -0.388 e. The molecule has 0 aromatic carbocycles. The second-order valence-electron chi connectivity index (χ2n) is 1.12. The molecule has 0 fully saturated rings. The predicted octanol–water partition coefficient (Wildman–Crippen LogP) is 2.70. The first-order valence-electron chi connectivity index (χ1n) is 3.23. The van der Waals surface area contributed by atoms with E-state index in [-0.39, 0.29) is 21.1 Å². The van der Waals surface area contributed by atoms with Gasteiger partial charge in [-0.15, -0.1) is 0 Å². The number of methoxy groups -OCH3 is 1. The van der Waals surface area contributed by atoms with Crippen molar-refractivity contribution in [2.75, 3.05) is 14.2 Å². The van der Waals surface area contributed by atoms with E-state index in [2.05, 4.69) is 18.6 Å². The molecule has 0 saturated heterocycles. The average molecular weight is 304 g/mol. The van der Waals surface area contributed by atoms with Crippen molar-refractivity contribution in [1.82, 2.24) is 0 Å². The molecular formula is C7H20OW. The SMILES string of the molecule is CC.CCC.COC.[W]. The molecule has 0 aliphatic rings. The van der Waals surface area contributed by atoms with Gasteiger partial charge in [0.05, 0.1) is 0 Å². The summed E-state index contributed by atoms with van der Waals surface area (Å²) in [7, 11) is 3.25. The maximum absolute atomic E-state index is 4.25. The second-order valence-corrected chi connectivity index (χ2v) is 1.12. The van der Waals surface area contributed by atoms with Crippen molar-refractivity contribution in [3.05, 3.63) is 0 Å². The van der Waals surface area contributed by atoms with Crippen LogP contribution in [0.5, 0.6) is 0 Å². The Balaban J connectivity index is -0.0000000202. The van der Waals surface area contributed by atoms with E-state index in [0.717, 1.165) is 0 Å². The summed E-state index contributed by atoms with van der Waals surface area (Å²) in [5.41, 5.74) is 0. The van der Waals surface area contributed by atoms with Gasteiger partial charge in [0.25, 0.3) is 0 Å². The van der Waals surface area contributed by atoms with Crippen LogP contribution in [-0.2, 0) is 25.8 Å². The van der Waals surface area contributed by atoms with Crippen molar-refractivity contribution < 1.29 is 25.8 Å². The fourth-order valence-electron chi connectivity index (χ4n) is 0. The minimum atomic E-state index is 0. The zero-order valence-corrected chi connectivity index (χ0v) is 10.5. The Hall–Kier alpha value is 0.648. The normalized spacial score (nSPS) is 4.67.